The van der Waals surface area contributed by atoms with Crippen molar-refractivity contribution in [2.45, 2.75) is 24.8 Å². The lowest BCUT2D eigenvalue weighted by molar-refractivity contribution is 0.244. The maximum Gasteiger partial charge on any atom is 0.326 e. The fraction of sp³-hybridized carbons (Fsp3) is 0.148. The van der Waals surface area contributed by atoms with E-state index in [0.717, 1.165) is 16.0 Å². The second-order valence-electron chi connectivity index (χ2n) is 8.26. The van der Waals surface area contributed by atoms with E-state index in [1.165, 1.54) is 12.1 Å². The Morgan fingerprint density at radius 1 is 1.03 bits per heavy atom. The molecule has 1 aliphatic rings. The summed E-state index contributed by atoms with van der Waals surface area (Å²) in [6.45, 7) is 3.84. The molecule has 0 radical (unpaired) electrons. The van der Waals surface area contributed by atoms with Crippen molar-refractivity contribution < 1.29 is 13.7 Å². The molecule has 1 aromatic heterocycles. The van der Waals surface area contributed by atoms with Crippen LogP contribution in [0.4, 0.5) is 14.9 Å². The average Bonchev–Trinajstić information content (AvgIpc) is 3.34. The number of thioether (sulfide) groups is 1. The largest absolute Gasteiger partial charge is 0.334 e. The lowest BCUT2D eigenvalue weighted by Gasteiger charge is -2.35. The van der Waals surface area contributed by atoms with Crippen LogP contribution in [0.2, 0.25) is 0 Å². The summed E-state index contributed by atoms with van der Waals surface area (Å²) >= 11 is 1.62. The van der Waals surface area contributed by atoms with Crippen LogP contribution in [-0.2, 0) is 0 Å². The van der Waals surface area contributed by atoms with Crippen LogP contribution in [0.1, 0.15) is 30.0 Å². The Labute approximate surface area is 206 Å². The van der Waals surface area contributed by atoms with E-state index >= 15 is 0 Å². The molecule has 35 heavy (non-hydrogen) atoms. The highest BCUT2D eigenvalue weighted by molar-refractivity contribution is 7.98. The highest BCUT2D eigenvalue weighted by Gasteiger charge is 2.36. The maximum absolute atomic E-state index is 14.1. The van der Waals surface area contributed by atoms with Gasteiger partial charge in [-0.1, -0.05) is 47.1 Å². The molecule has 4 aromatic rings. The first-order chi connectivity index (χ1) is 16.9. The summed E-state index contributed by atoms with van der Waals surface area (Å²) in [4.78, 5) is 20.6. The number of urea groups is 1. The van der Waals surface area contributed by atoms with E-state index in [1.54, 1.807) is 28.8 Å². The molecular formula is C27H23FN4O2S. The molecule has 0 aliphatic carbocycles. The summed E-state index contributed by atoms with van der Waals surface area (Å²) in [5, 5.41) is 7.18. The van der Waals surface area contributed by atoms with Crippen molar-refractivity contribution in [3.8, 4) is 11.4 Å². The van der Waals surface area contributed by atoms with Crippen molar-refractivity contribution in [3.05, 3.63) is 101 Å². The van der Waals surface area contributed by atoms with E-state index in [2.05, 4.69) is 15.5 Å². The molecule has 8 heteroatoms. The van der Waals surface area contributed by atoms with Gasteiger partial charge in [0.1, 0.15) is 5.82 Å². The average molecular weight is 487 g/mol. The molecular weight excluding hydrogens is 463 g/mol. The number of carbonyl (C=O) groups is 1. The van der Waals surface area contributed by atoms with E-state index < -0.39 is 11.9 Å². The van der Waals surface area contributed by atoms with Gasteiger partial charge in [0.05, 0.1) is 17.3 Å². The second-order valence-corrected chi connectivity index (χ2v) is 9.14. The molecule has 5 rings (SSSR count). The Morgan fingerprint density at radius 3 is 2.46 bits per heavy atom. The molecule has 1 aliphatic heterocycles. The molecule has 2 heterocycles. The number of anilines is 1. The minimum Gasteiger partial charge on any atom is -0.334 e. The predicted octanol–water partition coefficient (Wildman–Crippen LogP) is 6.61. The third-order valence-corrected chi connectivity index (χ3v) is 6.71. The standard InChI is InChI=1S/C27H23FN4O2S/c1-16-7-9-18(10-8-16)25-30-26(34-31-25)23-17(2)32(21-11-13-22(35-3)14-12-21)27(33)29-24(23)19-5-4-6-20(28)15-19/h4-15,24H,1-3H3,(H,29,33). The van der Waals surface area contributed by atoms with E-state index in [9.17, 15) is 9.18 Å². The Kier molecular flexibility index (Phi) is 6.13. The third-order valence-electron chi connectivity index (χ3n) is 5.96. The molecule has 1 unspecified atom stereocenters. The quantitative estimate of drug-likeness (QED) is 0.322. The fourth-order valence-corrected chi connectivity index (χ4v) is 4.56. The molecule has 3 aromatic carbocycles. The molecule has 176 valence electrons. The molecule has 1 N–H and O–H groups in total. The monoisotopic (exact) mass is 486 g/mol. The van der Waals surface area contributed by atoms with Gasteiger partial charge in [-0.25, -0.2) is 9.18 Å². The van der Waals surface area contributed by atoms with Crippen molar-refractivity contribution in [1.82, 2.24) is 15.5 Å². The summed E-state index contributed by atoms with van der Waals surface area (Å²) in [5.74, 6) is 0.304. The zero-order valence-corrected chi connectivity index (χ0v) is 20.3. The van der Waals surface area contributed by atoms with Gasteiger partial charge in [0, 0.05) is 16.2 Å². The van der Waals surface area contributed by atoms with Crippen LogP contribution in [0.5, 0.6) is 0 Å². The van der Waals surface area contributed by atoms with Gasteiger partial charge in [-0.3, -0.25) is 4.90 Å². The zero-order valence-electron chi connectivity index (χ0n) is 19.4. The van der Waals surface area contributed by atoms with Crippen molar-refractivity contribution in [2.75, 3.05) is 11.2 Å². The summed E-state index contributed by atoms with van der Waals surface area (Å²) in [7, 11) is 0. The van der Waals surface area contributed by atoms with Gasteiger partial charge in [0.15, 0.2) is 0 Å². The maximum atomic E-state index is 14.1. The molecule has 0 saturated heterocycles. The van der Waals surface area contributed by atoms with Gasteiger partial charge in [0.2, 0.25) is 5.82 Å². The van der Waals surface area contributed by atoms with E-state index in [1.807, 2.05) is 68.6 Å². The number of aryl methyl sites for hydroxylation is 1. The number of benzene rings is 3. The first-order valence-corrected chi connectivity index (χ1v) is 12.3. The van der Waals surface area contributed by atoms with Crippen LogP contribution < -0.4 is 10.2 Å². The van der Waals surface area contributed by atoms with Crippen LogP contribution in [0.15, 0.2) is 87.9 Å². The van der Waals surface area contributed by atoms with Gasteiger partial charge in [-0.15, -0.1) is 11.8 Å². The van der Waals surface area contributed by atoms with Crippen molar-refractivity contribution >= 4 is 29.1 Å². The number of hydrogen-bond donors (Lipinski definition) is 1. The Balaban J connectivity index is 1.64. The fourth-order valence-electron chi connectivity index (χ4n) is 4.15. The number of aromatic nitrogens is 2. The van der Waals surface area contributed by atoms with E-state index in [0.29, 0.717) is 28.3 Å². The zero-order chi connectivity index (χ0) is 24.5. The molecule has 0 saturated carbocycles. The number of halogens is 1. The van der Waals surface area contributed by atoms with Crippen molar-refractivity contribution in [3.63, 3.8) is 0 Å². The number of amides is 2. The molecule has 2 amide bonds. The molecule has 0 bridgehead atoms. The number of rotatable bonds is 5. The third kappa shape index (κ3) is 4.44. The number of allylic oxidation sites excluding steroid dienone is 1. The summed E-state index contributed by atoms with van der Waals surface area (Å²) < 4.78 is 19.8. The van der Waals surface area contributed by atoms with Crippen LogP contribution in [0.25, 0.3) is 17.0 Å². The summed E-state index contributed by atoms with van der Waals surface area (Å²) in [6, 6.07) is 20.7. The SMILES string of the molecule is CSc1ccc(N2C(=O)NC(c3cccc(F)c3)C(c3nc(-c4ccc(C)cc4)no3)=C2C)cc1. The topological polar surface area (TPSA) is 71.3 Å². The number of carbonyl (C=O) groups excluding carboxylic acids is 1. The van der Waals surface area contributed by atoms with Gasteiger partial charge in [-0.2, -0.15) is 4.98 Å². The number of nitrogens with zero attached hydrogens (tertiary/aromatic N) is 3. The van der Waals surface area contributed by atoms with Crippen LogP contribution in [0, 0.1) is 12.7 Å². The number of hydrogen-bond acceptors (Lipinski definition) is 5. The predicted molar refractivity (Wildman–Crippen MR) is 135 cm³/mol. The first kappa shape index (κ1) is 22.9. The van der Waals surface area contributed by atoms with Crippen LogP contribution >= 0.6 is 11.8 Å². The molecule has 6 nitrogen and oxygen atoms in total. The second kappa shape index (κ2) is 9.38. The Hall–Kier alpha value is -3.91. The minimum absolute atomic E-state index is 0.262. The summed E-state index contributed by atoms with van der Waals surface area (Å²) in [6.07, 6.45) is 2.00. The number of nitrogens with one attached hydrogen (secondary N) is 1. The minimum atomic E-state index is -0.661. The lowest BCUT2D eigenvalue weighted by atomic mass is 9.94. The van der Waals surface area contributed by atoms with Crippen molar-refractivity contribution in [1.29, 1.82) is 0 Å². The molecule has 1 atom stereocenters. The highest BCUT2D eigenvalue weighted by Crippen LogP contribution is 2.39. The smallest absolute Gasteiger partial charge is 0.326 e. The Morgan fingerprint density at radius 2 is 1.77 bits per heavy atom. The molecule has 0 fully saturated rings. The van der Waals surface area contributed by atoms with Gasteiger partial charge in [0.25, 0.3) is 5.89 Å². The van der Waals surface area contributed by atoms with Gasteiger partial charge < -0.3 is 9.84 Å². The normalized spacial score (nSPS) is 15.9. The van der Waals surface area contributed by atoms with Crippen LogP contribution in [0.3, 0.4) is 0 Å². The van der Waals surface area contributed by atoms with E-state index in [-0.39, 0.29) is 11.9 Å². The highest BCUT2D eigenvalue weighted by atomic mass is 32.2. The lowest BCUT2D eigenvalue weighted by Crippen LogP contribution is -2.46. The van der Waals surface area contributed by atoms with E-state index in [4.69, 9.17) is 4.52 Å². The van der Waals surface area contributed by atoms with Gasteiger partial charge in [-0.05, 0) is 62.1 Å². The molecule has 0 spiro atoms. The summed E-state index contributed by atoms with van der Waals surface area (Å²) in [5.41, 5.74) is 4.45. The first-order valence-electron chi connectivity index (χ1n) is 11.1. The van der Waals surface area contributed by atoms with Gasteiger partial charge >= 0.3 is 6.03 Å². The van der Waals surface area contributed by atoms with Crippen molar-refractivity contribution in [2.24, 2.45) is 0 Å². The Bertz CT molecular complexity index is 1410. The van der Waals surface area contributed by atoms with Crippen LogP contribution in [-0.4, -0.2) is 22.4 Å².